The minimum atomic E-state index is -0.538. The van der Waals surface area contributed by atoms with Crippen LogP contribution in [0.15, 0.2) is 35.2 Å². The van der Waals surface area contributed by atoms with Crippen molar-refractivity contribution in [1.82, 2.24) is 10.6 Å². The summed E-state index contributed by atoms with van der Waals surface area (Å²) in [5.74, 6) is 0.140. The lowest BCUT2D eigenvalue weighted by atomic mass is 10.2. The molecule has 2 unspecified atom stereocenters. The van der Waals surface area contributed by atoms with Crippen molar-refractivity contribution in [3.05, 3.63) is 30.3 Å². The fourth-order valence-corrected chi connectivity index (χ4v) is 3.21. The molecule has 0 aliphatic carbocycles. The zero-order chi connectivity index (χ0) is 15.8. The van der Waals surface area contributed by atoms with E-state index in [0.29, 0.717) is 12.3 Å². The first kappa shape index (κ1) is 16.8. The molecule has 22 heavy (non-hydrogen) atoms. The van der Waals surface area contributed by atoms with Gasteiger partial charge in [0.15, 0.2) is 0 Å². The molecule has 0 saturated carbocycles. The topological polar surface area (TPSA) is 67.4 Å². The number of thioether (sulfide) groups is 1. The standard InChI is InChI=1S/C16H22N2O3S/c1-12(19)18-15(11-22-14-7-3-2-4-8-14)16(20)17-10-13-6-5-9-21-13/h2-4,7-8,13,15H,5-6,9-11H2,1H3,(H,17,20)(H,18,19). The zero-order valence-electron chi connectivity index (χ0n) is 12.7. The predicted octanol–water partition coefficient (Wildman–Crippen LogP) is 1.58. The number of carbonyl (C=O) groups is 2. The van der Waals surface area contributed by atoms with Crippen LogP contribution in [0.1, 0.15) is 19.8 Å². The second kappa shape index (κ2) is 8.80. The van der Waals surface area contributed by atoms with Gasteiger partial charge in [0.2, 0.25) is 11.8 Å². The molecule has 1 aliphatic heterocycles. The highest BCUT2D eigenvalue weighted by atomic mass is 32.2. The van der Waals surface area contributed by atoms with Crippen molar-refractivity contribution in [3.8, 4) is 0 Å². The summed E-state index contributed by atoms with van der Waals surface area (Å²) in [6.45, 7) is 2.69. The van der Waals surface area contributed by atoms with Gasteiger partial charge in [0.05, 0.1) is 6.10 Å². The number of benzene rings is 1. The molecule has 1 aliphatic rings. The predicted molar refractivity (Wildman–Crippen MR) is 86.8 cm³/mol. The highest BCUT2D eigenvalue weighted by Crippen LogP contribution is 2.18. The van der Waals surface area contributed by atoms with Gasteiger partial charge in [-0.05, 0) is 25.0 Å². The van der Waals surface area contributed by atoms with Gasteiger partial charge >= 0.3 is 0 Å². The minimum absolute atomic E-state index is 0.101. The molecule has 1 fully saturated rings. The maximum Gasteiger partial charge on any atom is 0.243 e. The highest BCUT2D eigenvalue weighted by Gasteiger charge is 2.22. The number of hydrogen-bond donors (Lipinski definition) is 2. The molecule has 2 atom stereocenters. The molecule has 0 radical (unpaired) electrons. The van der Waals surface area contributed by atoms with Gasteiger partial charge in [-0.3, -0.25) is 9.59 Å². The molecule has 0 aromatic heterocycles. The van der Waals surface area contributed by atoms with Crippen LogP contribution in [0.3, 0.4) is 0 Å². The Kier molecular flexibility index (Phi) is 6.74. The molecule has 2 amide bonds. The van der Waals surface area contributed by atoms with Crippen LogP contribution in [-0.4, -0.2) is 42.9 Å². The fourth-order valence-electron chi connectivity index (χ4n) is 2.27. The SMILES string of the molecule is CC(=O)NC(CSc1ccccc1)C(=O)NCC1CCCO1. The maximum absolute atomic E-state index is 12.3. The van der Waals surface area contributed by atoms with Gasteiger partial charge in [-0.2, -0.15) is 0 Å². The quantitative estimate of drug-likeness (QED) is 0.748. The Morgan fingerprint density at radius 1 is 1.36 bits per heavy atom. The molecular weight excluding hydrogens is 300 g/mol. The van der Waals surface area contributed by atoms with Gasteiger partial charge in [0, 0.05) is 30.7 Å². The number of carbonyl (C=O) groups excluding carboxylic acids is 2. The molecule has 0 bridgehead atoms. The Hall–Kier alpha value is -1.53. The van der Waals surface area contributed by atoms with E-state index in [1.807, 2.05) is 30.3 Å². The summed E-state index contributed by atoms with van der Waals surface area (Å²) >= 11 is 1.55. The molecule has 1 saturated heterocycles. The molecule has 2 rings (SSSR count). The second-order valence-electron chi connectivity index (χ2n) is 5.26. The third kappa shape index (κ3) is 5.69. The number of ether oxygens (including phenoxy) is 1. The maximum atomic E-state index is 12.3. The van der Waals surface area contributed by atoms with E-state index >= 15 is 0 Å². The minimum Gasteiger partial charge on any atom is -0.376 e. The van der Waals surface area contributed by atoms with E-state index in [0.717, 1.165) is 24.3 Å². The van der Waals surface area contributed by atoms with Gasteiger partial charge in [0.25, 0.3) is 0 Å². The lowest BCUT2D eigenvalue weighted by molar-refractivity contribution is -0.127. The molecule has 2 N–H and O–H groups in total. The van der Waals surface area contributed by atoms with Crippen LogP contribution in [0, 0.1) is 0 Å². The normalized spacial score (nSPS) is 18.7. The number of rotatable bonds is 7. The molecular formula is C16H22N2O3S. The van der Waals surface area contributed by atoms with E-state index in [9.17, 15) is 9.59 Å². The first-order valence-electron chi connectivity index (χ1n) is 7.49. The van der Waals surface area contributed by atoms with Gasteiger partial charge in [0.1, 0.15) is 6.04 Å². The van der Waals surface area contributed by atoms with Gasteiger partial charge in [-0.1, -0.05) is 18.2 Å². The molecule has 0 spiro atoms. The van der Waals surface area contributed by atoms with E-state index in [4.69, 9.17) is 4.74 Å². The Balaban J connectivity index is 1.83. The summed E-state index contributed by atoms with van der Waals surface area (Å²) in [7, 11) is 0. The summed E-state index contributed by atoms with van der Waals surface area (Å²) in [4.78, 5) is 24.6. The van der Waals surface area contributed by atoms with Crippen LogP contribution in [0.5, 0.6) is 0 Å². The largest absolute Gasteiger partial charge is 0.376 e. The van der Waals surface area contributed by atoms with E-state index in [2.05, 4.69) is 10.6 Å². The highest BCUT2D eigenvalue weighted by molar-refractivity contribution is 7.99. The van der Waals surface area contributed by atoms with Crippen molar-refractivity contribution in [2.75, 3.05) is 18.9 Å². The first-order valence-corrected chi connectivity index (χ1v) is 8.48. The Morgan fingerprint density at radius 2 is 2.14 bits per heavy atom. The van der Waals surface area contributed by atoms with E-state index in [1.165, 1.54) is 6.92 Å². The van der Waals surface area contributed by atoms with Crippen molar-refractivity contribution in [2.24, 2.45) is 0 Å². The molecule has 5 nitrogen and oxygen atoms in total. The van der Waals surface area contributed by atoms with Crippen molar-refractivity contribution in [3.63, 3.8) is 0 Å². The van der Waals surface area contributed by atoms with E-state index in [-0.39, 0.29) is 17.9 Å². The Morgan fingerprint density at radius 3 is 2.77 bits per heavy atom. The average Bonchev–Trinajstić information content (AvgIpc) is 3.03. The number of amides is 2. The third-order valence-corrected chi connectivity index (χ3v) is 4.49. The number of hydrogen-bond acceptors (Lipinski definition) is 4. The van der Waals surface area contributed by atoms with Gasteiger partial charge < -0.3 is 15.4 Å². The lowest BCUT2D eigenvalue weighted by Gasteiger charge is -2.18. The van der Waals surface area contributed by atoms with Crippen molar-refractivity contribution >= 4 is 23.6 Å². The van der Waals surface area contributed by atoms with Crippen LogP contribution in [-0.2, 0) is 14.3 Å². The first-order chi connectivity index (χ1) is 10.6. The summed E-state index contributed by atoms with van der Waals surface area (Å²) in [5.41, 5.74) is 0. The van der Waals surface area contributed by atoms with Gasteiger partial charge in [-0.25, -0.2) is 0 Å². The van der Waals surface area contributed by atoms with Crippen LogP contribution in [0.4, 0.5) is 0 Å². The van der Waals surface area contributed by atoms with Gasteiger partial charge in [-0.15, -0.1) is 11.8 Å². The van der Waals surface area contributed by atoms with Crippen molar-refractivity contribution < 1.29 is 14.3 Å². The van der Waals surface area contributed by atoms with Crippen LogP contribution < -0.4 is 10.6 Å². The van der Waals surface area contributed by atoms with Crippen LogP contribution in [0.25, 0.3) is 0 Å². The fraction of sp³-hybridized carbons (Fsp3) is 0.500. The van der Waals surface area contributed by atoms with Crippen LogP contribution >= 0.6 is 11.8 Å². The second-order valence-corrected chi connectivity index (χ2v) is 6.35. The summed E-state index contributed by atoms with van der Waals surface area (Å²) in [6.07, 6.45) is 2.12. The summed E-state index contributed by atoms with van der Waals surface area (Å²) in [6, 6.07) is 9.29. The van der Waals surface area contributed by atoms with Crippen molar-refractivity contribution in [2.45, 2.75) is 36.8 Å². The molecule has 1 aromatic rings. The Labute approximate surface area is 135 Å². The van der Waals surface area contributed by atoms with E-state index < -0.39 is 6.04 Å². The number of nitrogens with one attached hydrogen (secondary N) is 2. The van der Waals surface area contributed by atoms with Crippen LogP contribution in [0.2, 0.25) is 0 Å². The summed E-state index contributed by atoms with van der Waals surface area (Å²) < 4.78 is 5.49. The molecule has 120 valence electrons. The summed E-state index contributed by atoms with van der Waals surface area (Å²) in [5, 5.41) is 5.59. The molecule has 1 aromatic carbocycles. The third-order valence-electron chi connectivity index (χ3n) is 3.38. The van der Waals surface area contributed by atoms with Crippen molar-refractivity contribution in [1.29, 1.82) is 0 Å². The molecule has 6 heteroatoms. The lowest BCUT2D eigenvalue weighted by Crippen LogP contribution is -2.49. The van der Waals surface area contributed by atoms with E-state index in [1.54, 1.807) is 11.8 Å². The zero-order valence-corrected chi connectivity index (χ0v) is 13.5. The molecule has 1 heterocycles. The average molecular weight is 322 g/mol. The smallest absolute Gasteiger partial charge is 0.243 e. The Bertz CT molecular complexity index is 489. The monoisotopic (exact) mass is 322 g/mol.